The summed E-state index contributed by atoms with van der Waals surface area (Å²) >= 11 is 0. The van der Waals surface area contributed by atoms with E-state index in [4.69, 9.17) is 0 Å². The van der Waals surface area contributed by atoms with Gasteiger partial charge in [0.2, 0.25) is 0 Å². The highest BCUT2D eigenvalue weighted by Gasteiger charge is 2.20. The molecule has 2 aromatic rings. The zero-order chi connectivity index (χ0) is 12.4. The Morgan fingerprint density at radius 3 is 2.61 bits per heavy atom. The normalized spacial score (nSPS) is 16.9. The molecule has 94 valence electrons. The molecule has 2 heterocycles. The molecule has 2 N–H and O–H groups in total. The fourth-order valence-electron chi connectivity index (χ4n) is 2.29. The van der Waals surface area contributed by atoms with E-state index in [0.717, 1.165) is 37.3 Å². The van der Waals surface area contributed by atoms with Crippen LogP contribution in [0.5, 0.6) is 5.75 Å². The summed E-state index contributed by atoms with van der Waals surface area (Å²) < 4.78 is 1.90. The van der Waals surface area contributed by atoms with Crippen LogP contribution >= 0.6 is 0 Å². The second kappa shape index (κ2) is 4.73. The maximum absolute atomic E-state index is 9.31. The molecular weight excluding hydrogens is 230 g/mol. The van der Waals surface area contributed by atoms with E-state index in [9.17, 15) is 5.11 Å². The molecule has 6 nitrogen and oxygen atoms in total. The Labute approximate surface area is 105 Å². The van der Waals surface area contributed by atoms with Crippen LogP contribution in [-0.4, -0.2) is 38.4 Å². The van der Waals surface area contributed by atoms with Crippen LogP contribution in [0.3, 0.4) is 0 Å². The summed E-state index contributed by atoms with van der Waals surface area (Å²) in [4.78, 5) is 0. The van der Waals surface area contributed by atoms with Crippen molar-refractivity contribution in [3.63, 3.8) is 0 Å². The van der Waals surface area contributed by atoms with Crippen molar-refractivity contribution >= 4 is 0 Å². The number of nitrogens with zero attached hydrogens (tertiary/aromatic N) is 4. The summed E-state index contributed by atoms with van der Waals surface area (Å²) in [5, 5.41) is 24.6. The maximum atomic E-state index is 9.31. The van der Waals surface area contributed by atoms with Crippen LogP contribution in [0.1, 0.15) is 18.9 Å². The summed E-state index contributed by atoms with van der Waals surface area (Å²) in [6, 6.07) is 7.31. The molecule has 18 heavy (non-hydrogen) atoms. The average molecular weight is 245 g/mol. The summed E-state index contributed by atoms with van der Waals surface area (Å²) in [6.07, 6.45) is 2.08. The number of aromatic nitrogens is 4. The van der Waals surface area contributed by atoms with Gasteiger partial charge in [0.1, 0.15) is 5.75 Å². The van der Waals surface area contributed by atoms with Crippen LogP contribution in [-0.2, 0) is 0 Å². The van der Waals surface area contributed by atoms with E-state index in [2.05, 4.69) is 20.8 Å². The molecule has 0 spiro atoms. The molecule has 0 unspecified atom stereocenters. The van der Waals surface area contributed by atoms with E-state index < -0.39 is 0 Å². The third-order valence-corrected chi connectivity index (χ3v) is 3.27. The van der Waals surface area contributed by atoms with Gasteiger partial charge in [-0.25, -0.2) is 4.68 Å². The van der Waals surface area contributed by atoms with E-state index in [-0.39, 0.29) is 5.75 Å². The first-order chi connectivity index (χ1) is 8.84. The molecule has 1 aromatic carbocycles. The van der Waals surface area contributed by atoms with Gasteiger partial charge < -0.3 is 10.4 Å². The van der Waals surface area contributed by atoms with Gasteiger partial charge in [-0.05, 0) is 60.6 Å². The Hall–Kier alpha value is -1.95. The summed E-state index contributed by atoms with van der Waals surface area (Å²) in [7, 11) is 0. The minimum Gasteiger partial charge on any atom is -0.508 e. The van der Waals surface area contributed by atoms with Crippen molar-refractivity contribution in [3.8, 4) is 17.1 Å². The average Bonchev–Trinajstić information content (AvgIpc) is 2.90. The van der Waals surface area contributed by atoms with Crippen molar-refractivity contribution in [3.05, 3.63) is 24.3 Å². The predicted molar refractivity (Wildman–Crippen MR) is 66.1 cm³/mol. The second-order valence-corrected chi connectivity index (χ2v) is 4.48. The van der Waals surface area contributed by atoms with Crippen LogP contribution < -0.4 is 5.32 Å². The molecule has 1 aliphatic heterocycles. The van der Waals surface area contributed by atoms with Crippen LogP contribution in [0.25, 0.3) is 11.4 Å². The van der Waals surface area contributed by atoms with E-state index in [1.807, 2.05) is 16.8 Å². The predicted octanol–water partition coefficient (Wildman–Crippen LogP) is 0.970. The SMILES string of the molecule is Oc1ccc(-c2nnnn2C2CCNCC2)cc1. The van der Waals surface area contributed by atoms with Crippen molar-refractivity contribution in [2.45, 2.75) is 18.9 Å². The lowest BCUT2D eigenvalue weighted by molar-refractivity contribution is 0.340. The third-order valence-electron chi connectivity index (χ3n) is 3.27. The number of hydrogen-bond donors (Lipinski definition) is 2. The lowest BCUT2D eigenvalue weighted by Crippen LogP contribution is -2.30. The summed E-state index contributed by atoms with van der Waals surface area (Å²) in [5.41, 5.74) is 0.927. The molecule has 0 aliphatic carbocycles. The zero-order valence-electron chi connectivity index (χ0n) is 9.95. The Bertz CT molecular complexity index is 516. The van der Waals surface area contributed by atoms with Gasteiger partial charge in [0, 0.05) is 5.56 Å². The first kappa shape index (κ1) is 11.2. The van der Waals surface area contributed by atoms with Crippen LogP contribution in [0, 0.1) is 0 Å². The van der Waals surface area contributed by atoms with Gasteiger partial charge >= 0.3 is 0 Å². The minimum atomic E-state index is 0.250. The Morgan fingerprint density at radius 2 is 1.89 bits per heavy atom. The highest BCUT2D eigenvalue weighted by molar-refractivity contribution is 5.55. The van der Waals surface area contributed by atoms with E-state index in [1.54, 1.807) is 12.1 Å². The smallest absolute Gasteiger partial charge is 0.182 e. The Balaban J connectivity index is 1.93. The van der Waals surface area contributed by atoms with E-state index in [0.29, 0.717) is 6.04 Å². The lowest BCUT2D eigenvalue weighted by Gasteiger charge is -2.23. The molecule has 0 atom stereocenters. The summed E-state index contributed by atoms with van der Waals surface area (Å²) in [6.45, 7) is 2.00. The molecule has 1 aromatic heterocycles. The van der Waals surface area contributed by atoms with Crippen molar-refractivity contribution in [1.29, 1.82) is 0 Å². The summed E-state index contributed by atoms with van der Waals surface area (Å²) in [5.74, 6) is 1.02. The molecule has 0 bridgehead atoms. The number of phenolic OH excluding ortho intramolecular Hbond substituents is 1. The zero-order valence-corrected chi connectivity index (χ0v) is 9.95. The quantitative estimate of drug-likeness (QED) is 0.824. The molecule has 0 radical (unpaired) electrons. The molecule has 0 amide bonds. The monoisotopic (exact) mass is 245 g/mol. The number of rotatable bonds is 2. The molecule has 1 fully saturated rings. The first-order valence-electron chi connectivity index (χ1n) is 6.12. The van der Waals surface area contributed by atoms with Crippen LogP contribution in [0.4, 0.5) is 0 Å². The van der Waals surface area contributed by atoms with Gasteiger partial charge in [0.15, 0.2) is 5.82 Å². The van der Waals surface area contributed by atoms with Gasteiger partial charge in [-0.15, -0.1) is 5.10 Å². The fraction of sp³-hybridized carbons (Fsp3) is 0.417. The number of tetrazole rings is 1. The number of nitrogens with one attached hydrogen (secondary N) is 1. The van der Waals surface area contributed by atoms with Crippen molar-refractivity contribution in [1.82, 2.24) is 25.5 Å². The van der Waals surface area contributed by atoms with Gasteiger partial charge in [-0.2, -0.15) is 0 Å². The van der Waals surface area contributed by atoms with Crippen LogP contribution in [0.15, 0.2) is 24.3 Å². The minimum absolute atomic E-state index is 0.250. The lowest BCUT2D eigenvalue weighted by atomic mass is 10.1. The van der Waals surface area contributed by atoms with Gasteiger partial charge in [0.25, 0.3) is 0 Å². The molecule has 3 rings (SSSR count). The van der Waals surface area contributed by atoms with Gasteiger partial charge in [-0.3, -0.25) is 0 Å². The molecular formula is C12H15N5O. The largest absolute Gasteiger partial charge is 0.508 e. The Kier molecular flexibility index (Phi) is 2.93. The van der Waals surface area contributed by atoms with E-state index in [1.165, 1.54) is 0 Å². The molecule has 6 heteroatoms. The van der Waals surface area contributed by atoms with Crippen molar-refractivity contribution in [2.75, 3.05) is 13.1 Å². The number of phenols is 1. The number of benzene rings is 1. The first-order valence-corrected chi connectivity index (χ1v) is 6.12. The maximum Gasteiger partial charge on any atom is 0.182 e. The van der Waals surface area contributed by atoms with Crippen molar-refractivity contribution in [2.24, 2.45) is 0 Å². The standard InChI is InChI=1S/C12H15N5O/c18-11-3-1-9(2-4-11)12-14-15-16-17(12)10-5-7-13-8-6-10/h1-4,10,13,18H,5-8H2. The fourth-order valence-corrected chi connectivity index (χ4v) is 2.29. The number of piperidine rings is 1. The van der Waals surface area contributed by atoms with Crippen LogP contribution in [0.2, 0.25) is 0 Å². The Morgan fingerprint density at radius 1 is 1.17 bits per heavy atom. The molecule has 1 aliphatic rings. The highest BCUT2D eigenvalue weighted by Crippen LogP contribution is 2.25. The second-order valence-electron chi connectivity index (χ2n) is 4.48. The highest BCUT2D eigenvalue weighted by atomic mass is 16.3. The van der Waals surface area contributed by atoms with E-state index >= 15 is 0 Å². The topological polar surface area (TPSA) is 75.9 Å². The molecule has 0 saturated carbocycles. The molecule has 1 saturated heterocycles. The van der Waals surface area contributed by atoms with Gasteiger partial charge in [0.05, 0.1) is 6.04 Å². The third kappa shape index (κ3) is 2.06. The number of hydrogen-bond acceptors (Lipinski definition) is 5. The van der Waals surface area contributed by atoms with Crippen molar-refractivity contribution < 1.29 is 5.11 Å². The van der Waals surface area contributed by atoms with Gasteiger partial charge in [-0.1, -0.05) is 0 Å². The number of aromatic hydroxyl groups is 1.